The van der Waals surface area contributed by atoms with Crippen LogP contribution >= 0.6 is 0 Å². The van der Waals surface area contributed by atoms with Crippen LogP contribution in [0.1, 0.15) is 344 Å². The largest absolute Gasteiger partial charge is 0.0604 e. The molecular weight excluding hydrogens is 1230 g/mol. The summed E-state index contributed by atoms with van der Waals surface area (Å²) in [6, 6.07) is 0. The van der Waals surface area contributed by atoms with Gasteiger partial charge in [-0.3, -0.25) is 0 Å². The van der Waals surface area contributed by atoms with Gasteiger partial charge in [-0.05, 0) is 483 Å². The molecule has 0 spiro atoms. The van der Waals surface area contributed by atoms with E-state index in [1.165, 1.54) is 234 Å². The number of hydrogen-bond acceptors (Lipinski definition) is 0. The molecule has 0 fully saturated rings. The lowest BCUT2D eigenvalue weighted by Crippen LogP contribution is -2.19. The molecule has 6 aliphatic carbocycles. The minimum atomic E-state index is 0.0886. The number of fused-ring (bicyclic) bond motifs is 8. The summed E-state index contributed by atoms with van der Waals surface area (Å²) in [4.78, 5) is 0. The minimum absolute atomic E-state index is 0.0886. The maximum Gasteiger partial charge on any atom is 0.0164 e. The zero-order chi connectivity index (χ0) is 78.7. The average Bonchev–Trinajstić information content (AvgIpc) is 1.55. The molecule has 6 aromatic rings. The van der Waals surface area contributed by atoms with Gasteiger partial charge in [-0.1, -0.05) is 117 Å². The molecule has 0 N–H and O–H groups in total. The lowest BCUT2D eigenvalue weighted by atomic mass is 9.76. The first kappa shape index (κ1) is 83.0. The van der Waals surface area contributed by atoms with Crippen LogP contribution in [0.25, 0.3) is 33.4 Å². The van der Waals surface area contributed by atoms with Gasteiger partial charge >= 0.3 is 0 Å². The Balaban J connectivity index is 0.000000175. The van der Waals surface area contributed by atoms with Crippen LogP contribution in [0, 0.1) is 177 Å². The summed E-state index contributed by atoms with van der Waals surface area (Å²) in [7, 11) is 0. The maximum absolute atomic E-state index is 2.42. The second-order valence-corrected chi connectivity index (χ2v) is 36.8. The van der Waals surface area contributed by atoms with E-state index in [2.05, 4.69) is 332 Å². The van der Waals surface area contributed by atoms with E-state index in [-0.39, 0.29) is 21.7 Å². The van der Waals surface area contributed by atoms with E-state index < -0.39 is 0 Å². The van der Waals surface area contributed by atoms with E-state index in [0.717, 1.165) is 0 Å². The van der Waals surface area contributed by atoms with Crippen molar-refractivity contribution in [1.29, 1.82) is 0 Å². The van der Waals surface area contributed by atoms with E-state index in [0.29, 0.717) is 10.8 Å². The van der Waals surface area contributed by atoms with Gasteiger partial charge in [-0.25, -0.2) is 0 Å². The standard InChI is InChI=1S/2C23H30.2C17H24.2C11H18/c2*1-11-13(3)17(7)21-19(15(11)5)20-16(6)12(2)14(4)18(8)22(20)23(21,9)10;2*1-9-10(2)12(4)16-15(11(9)3)13(5)14(6)17(16,7)8;2*1-7-8(2)10(4)11(5,6)9(7)3/h2*1-10H3;2*1-8H3;2*1-6H3. The molecule has 0 heteroatoms. The third-order valence-electron chi connectivity index (χ3n) is 31.2. The van der Waals surface area contributed by atoms with Crippen LogP contribution in [0.4, 0.5) is 0 Å². The van der Waals surface area contributed by atoms with E-state index in [9.17, 15) is 0 Å². The molecule has 552 valence electrons. The topological polar surface area (TPSA) is 0 Å². The van der Waals surface area contributed by atoms with Crippen molar-refractivity contribution in [3.05, 3.63) is 234 Å². The second-order valence-electron chi connectivity index (χ2n) is 36.8. The van der Waals surface area contributed by atoms with Crippen molar-refractivity contribution >= 4 is 11.1 Å². The van der Waals surface area contributed by atoms with Crippen molar-refractivity contribution in [2.75, 3.05) is 0 Å². The molecule has 0 heterocycles. The zero-order valence-corrected chi connectivity index (χ0v) is 75.0. The molecule has 0 nitrogen and oxygen atoms in total. The highest BCUT2D eigenvalue weighted by molar-refractivity contribution is 5.92. The Kier molecular flexibility index (Phi) is 22.5. The summed E-state index contributed by atoms with van der Waals surface area (Å²) >= 11 is 0. The van der Waals surface area contributed by atoms with Crippen molar-refractivity contribution in [3.63, 3.8) is 0 Å². The van der Waals surface area contributed by atoms with Crippen LogP contribution in [-0.4, -0.2) is 0 Å². The fraction of sp³-hybridized carbons (Fsp3) is 0.529. The quantitative estimate of drug-likeness (QED) is 0.142. The lowest BCUT2D eigenvalue weighted by Gasteiger charge is -2.28. The Bertz CT molecular complexity index is 4310. The Morgan fingerprint density at radius 3 is 0.363 bits per heavy atom. The van der Waals surface area contributed by atoms with Gasteiger partial charge in [-0.2, -0.15) is 0 Å². The van der Waals surface area contributed by atoms with Crippen LogP contribution in [-0.2, 0) is 21.7 Å². The molecule has 0 bridgehead atoms. The molecule has 0 aromatic heterocycles. The smallest absolute Gasteiger partial charge is 0.0164 e. The third kappa shape index (κ3) is 12.1. The molecule has 0 atom stereocenters. The molecule has 0 saturated heterocycles. The van der Waals surface area contributed by atoms with Gasteiger partial charge in [0.15, 0.2) is 0 Å². The van der Waals surface area contributed by atoms with Crippen LogP contribution in [0.5, 0.6) is 0 Å². The third-order valence-corrected chi connectivity index (χ3v) is 31.2. The summed E-state index contributed by atoms with van der Waals surface area (Å²) < 4.78 is 0. The Morgan fingerprint density at radius 2 is 0.225 bits per heavy atom. The Labute approximate surface area is 628 Å². The predicted octanol–water partition coefficient (Wildman–Crippen LogP) is 30.3. The highest BCUT2D eigenvalue weighted by Crippen LogP contribution is 2.59. The molecule has 0 radical (unpaired) electrons. The lowest BCUT2D eigenvalue weighted by molar-refractivity contribution is 0.547. The summed E-state index contributed by atoms with van der Waals surface area (Å²) in [5.41, 5.74) is 73.2. The van der Waals surface area contributed by atoms with E-state index in [1.807, 2.05) is 0 Å². The summed E-state index contributed by atoms with van der Waals surface area (Å²) in [5.74, 6) is 0. The van der Waals surface area contributed by atoms with Gasteiger partial charge in [-0.15, -0.1) is 0 Å². The summed E-state index contributed by atoms with van der Waals surface area (Å²) in [6.07, 6.45) is 0. The monoisotopic (exact) mass is 1370 g/mol. The van der Waals surface area contributed by atoms with E-state index in [1.54, 1.807) is 33.4 Å². The van der Waals surface area contributed by atoms with Gasteiger partial charge in [0.2, 0.25) is 0 Å². The van der Waals surface area contributed by atoms with Crippen LogP contribution in [0.3, 0.4) is 0 Å². The van der Waals surface area contributed by atoms with Gasteiger partial charge in [0, 0.05) is 32.5 Å². The first-order chi connectivity index (χ1) is 46.2. The first-order valence-corrected chi connectivity index (χ1v) is 39.0. The van der Waals surface area contributed by atoms with Gasteiger partial charge in [0.25, 0.3) is 0 Å². The predicted molar refractivity (Wildman–Crippen MR) is 458 cm³/mol. The van der Waals surface area contributed by atoms with Crippen molar-refractivity contribution in [2.24, 2.45) is 10.8 Å². The number of rotatable bonds is 0. The zero-order valence-electron chi connectivity index (χ0n) is 75.0. The van der Waals surface area contributed by atoms with E-state index in [4.69, 9.17) is 0 Å². The SMILES string of the molecule is CC1=C(C)C(C)(C)C(C)=C1C.CC1=C(C)C(C)(C)C(C)=C1C.CC1=C(C)C(C)(C)c2c(C)c(C)c(C)c(C)c21.CC1=C(C)C(C)(C)c2c(C)c(C)c(C)c(C)c21.Cc1c(C)c(C)c2c(c1C)-c1c(C)c(C)c(C)c(C)c1C2(C)C.Cc1c(C)c(C)c2c(c1C)-c1c(C)c(C)c(C)c(C)c1C2(C)C. The van der Waals surface area contributed by atoms with Crippen molar-refractivity contribution in [2.45, 2.75) is 354 Å². The second kappa shape index (κ2) is 27.6. The first-order valence-electron chi connectivity index (χ1n) is 39.0. The molecule has 12 rings (SSSR count). The van der Waals surface area contributed by atoms with Gasteiger partial charge < -0.3 is 0 Å². The van der Waals surface area contributed by atoms with Crippen LogP contribution in [0.15, 0.2) is 55.7 Å². The van der Waals surface area contributed by atoms with Crippen LogP contribution in [0.2, 0.25) is 0 Å². The van der Waals surface area contributed by atoms with Gasteiger partial charge in [0.05, 0.1) is 0 Å². The molecule has 0 amide bonds. The number of benzene rings is 6. The molecule has 0 unspecified atom stereocenters. The minimum Gasteiger partial charge on any atom is -0.0604 e. The molecule has 102 heavy (non-hydrogen) atoms. The molecule has 6 aliphatic rings. The van der Waals surface area contributed by atoms with Crippen LogP contribution < -0.4 is 0 Å². The van der Waals surface area contributed by atoms with E-state index >= 15 is 0 Å². The molecular formula is C102H144. The van der Waals surface area contributed by atoms with Crippen molar-refractivity contribution < 1.29 is 0 Å². The molecule has 6 aromatic carbocycles. The Hall–Kier alpha value is -6.24. The highest BCUT2D eigenvalue weighted by atomic mass is 14.5. The highest BCUT2D eigenvalue weighted by Gasteiger charge is 2.45. The van der Waals surface area contributed by atoms with Crippen molar-refractivity contribution in [3.8, 4) is 22.3 Å². The maximum atomic E-state index is 2.42. The Morgan fingerprint density at radius 1 is 0.108 bits per heavy atom. The fourth-order valence-corrected chi connectivity index (χ4v) is 20.2. The molecule has 0 saturated carbocycles. The fourth-order valence-electron chi connectivity index (χ4n) is 20.2. The number of allylic oxidation sites excluding steroid dienone is 12. The average molecular weight is 1370 g/mol. The van der Waals surface area contributed by atoms with Gasteiger partial charge in [0.1, 0.15) is 0 Å². The van der Waals surface area contributed by atoms with Crippen molar-refractivity contribution in [1.82, 2.24) is 0 Å². The summed E-state index contributed by atoms with van der Waals surface area (Å²) in [5, 5.41) is 0. The summed E-state index contributed by atoms with van der Waals surface area (Å²) in [6.45, 7) is 110. The number of hydrogen-bond donors (Lipinski definition) is 0. The normalized spacial score (nSPS) is 17.6. The molecule has 0 aliphatic heterocycles.